The second-order valence-electron chi connectivity index (χ2n) is 7.57. The number of nitrogens with two attached hydrogens (primary N) is 1. The smallest absolute Gasteiger partial charge is 0.267 e. The van der Waals surface area contributed by atoms with Gasteiger partial charge in [-0.2, -0.15) is 5.10 Å². The van der Waals surface area contributed by atoms with Gasteiger partial charge in [-0.25, -0.2) is 4.68 Å². The van der Waals surface area contributed by atoms with Gasteiger partial charge in [-0.05, 0) is 30.1 Å². The number of carbonyl (C=O) groups is 2. The number of piperidine rings is 1. The molecule has 2 heterocycles. The normalized spacial score (nSPS) is 25.7. The molecule has 1 aromatic heterocycles. The summed E-state index contributed by atoms with van der Waals surface area (Å²) in [5, 5.41) is 6.70. The van der Waals surface area contributed by atoms with Crippen molar-refractivity contribution >= 4 is 17.4 Å². The van der Waals surface area contributed by atoms with Crippen molar-refractivity contribution < 1.29 is 9.59 Å². The topological polar surface area (TPSA) is 107 Å². The molecule has 2 aliphatic rings. The molecule has 2 amide bonds. The van der Waals surface area contributed by atoms with Crippen LogP contribution in [0.4, 0.5) is 0 Å². The summed E-state index contributed by atoms with van der Waals surface area (Å²) in [6.07, 6.45) is 8.20. The zero-order valence-corrected chi connectivity index (χ0v) is 15.7. The van der Waals surface area contributed by atoms with Crippen molar-refractivity contribution in [1.82, 2.24) is 15.1 Å². The van der Waals surface area contributed by atoms with Crippen LogP contribution in [0.3, 0.4) is 0 Å². The highest BCUT2D eigenvalue weighted by molar-refractivity contribution is 5.99. The van der Waals surface area contributed by atoms with Crippen LogP contribution in [0.25, 0.3) is 5.57 Å². The number of amides is 2. The Balaban J connectivity index is 2.04. The zero-order valence-electron chi connectivity index (χ0n) is 15.7. The SMILES string of the molecule is CC(C)C1(C)C=C(N)C=CC(c2ccc(=O)n(C3CCC(=O)NC3=O)n2)=C1. The van der Waals surface area contributed by atoms with Gasteiger partial charge < -0.3 is 5.73 Å². The van der Waals surface area contributed by atoms with E-state index in [-0.39, 0.29) is 29.7 Å². The molecule has 3 rings (SSSR count). The summed E-state index contributed by atoms with van der Waals surface area (Å²) in [5.41, 5.74) is 7.48. The van der Waals surface area contributed by atoms with Crippen LogP contribution in [0.1, 0.15) is 45.3 Å². The minimum Gasteiger partial charge on any atom is -0.399 e. The van der Waals surface area contributed by atoms with Crippen LogP contribution >= 0.6 is 0 Å². The van der Waals surface area contributed by atoms with E-state index >= 15 is 0 Å². The molecule has 27 heavy (non-hydrogen) atoms. The third-order valence-electron chi connectivity index (χ3n) is 5.27. The van der Waals surface area contributed by atoms with Gasteiger partial charge in [0.2, 0.25) is 5.91 Å². The molecule has 0 aromatic carbocycles. The van der Waals surface area contributed by atoms with Gasteiger partial charge in [0.05, 0.1) is 5.69 Å². The van der Waals surface area contributed by atoms with E-state index in [9.17, 15) is 14.4 Å². The van der Waals surface area contributed by atoms with Crippen molar-refractivity contribution in [1.29, 1.82) is 0 Å². The van der Waals surface area contributed by atoms with E-state index in [0.29, 0.717) is 17.3 Å². The number of nitrogens with one attached hydrogen (secondary N) is 1. The Hall–Kier alpha value is -2.96. The first-order chi connectivity index (χ1) is 12.7. The number of allylic oxidation sites excluding steroid dienone is 5. The third kappa shape index (κ3) is 3.77. The lowest BCUT2D eigenvalue weighted by atomic mass is 9.77. The molecule has 2 unspecified atom stereocenters. The molecule has 0 bridgehead atoms. The Kier molecular flexibility index (Phi) is 4.87. The molecule has 0 radical (unpaired) electrons. The molecule has 7 nitrogen and oxygen atoms in total. The summed E-state index contributed by atoms with van der Waals surface area (Å²) in [6, 6.07) is 2.25. The molecule has 2 atom stereocenters. The van der Waals surface area contributed by atoms with Gasteiger partial charge >= 0.3 is 0 Å². The fourth-order valence-electron chi connectivity index (χ4n) is 3.23. The fourth-order valence-corrected chi connectivity index (χ4v) is 3.23. The molecule has 7 heteroatoms. The van der Waals surface area contributed by atoms with E-state index in [2.05, 4.69) is 37.3 Å². The molecule has 1 fully saturated rings. The number of imide groups is 1. The van der Waals surface area contributed by atoms with Crippen molar-refractivity contribution in [3.8, 4) is 0 Å². The third-order valence-corrected chi connectivity index (χ3v) is 5.27. The fraction of sp³-hybridized carbons (Fsp3) is 0.400. The summed E-state index contributed by atoms with van der Waals surface area (Å²) < 4.78 is 1.17. The lowest BCUT2D eigenvalue weighted by Crippen LogP contribution is -2.45. The molecule has 3 N–H and O–H groups in total. The van der Waals surface area contributed by atoms with Crippen molar-refractivity contribution in [2.24, 2.45) is 17.1 Å². The van der Waals surface area contributed by atoms with Gasteiger partial charge in [-0.1, -0.05) is 39.0 Å². The summed E-state index contributed by atoms with van der Waals surface area (Å²) in [7, 11) is 0. The highest BCUT2D eigenvalue weighted by atomic mass is 16.2. The van der Waals surface area contributed by atoms with E-state index < -0.39 is 11.9 Å². The molecular formula is C20H24N4O3. The first kappa shape index (κ1) is 18.8. The molecular weight excluding hydrogens is 344 g/mol. The maximum Gasteiger partial charge on any atom is 0.267 e. The molecule has 1 aromatic rings. The van der Waals surface area contributed by atoms with Crippen LogP contribution < -0.4 is 16.6 Å². The highest BCUT2D eigenvalue weighted by Crippen LogP contribution is 2.36. The van der Waals surface area contributed by atoms with Crippen molar-refractivity contribution in [2.45, 2.75) is 39.7 Å². The monoisotopic (exact) mass is 368 g/mol. The largest absolute Gasteiger partial charge is 0.399 e. The minimum absolute atomic E-state index is 0.184. The van der Waals surface area contributed by atoms with Crippen LogP contribution in [0, 0.1) is 11.3 Å². The summed E-state index contributed by atoms with van der Waals surface area (Å²) in [6.45, 7) is 6.32. The van der Waals surface area contributed by atoms with Crippen LogP contribution in [0.15, 0.2) is 46.9 Å². The molecule has 1 aliphatic heterocycles. The average Bonchev–Trinajstić information content (AvgIpc) is 2.75. The second kappa shape index (κ2) is 6.98. The van der Waals surface area contributed by atoms with Crippen molar-refractivity contribution in [3.63, 3.8) is 0 Å². The molecule has 0 spiro atoms. The average molecular weight is 368 g/mol. The predicted molar refractivity (Wildman–Crippen MR) is 102 cm³/mol. The quantitative estimate of drug-likeness (QED) is 0.790. The Bertz CT molecular complexity index is 939. The number of hydrogen-bond donors (Lipinski definition) is 2. The lowest BCUT2D eigenvalue weighted by Gasteiger charge is -2.28. The Morgan fingerprint density at radius 3 is 2.63 bits per heavy atom. The van der Waals surface area contributed by atoms with Gasteiger partial charge in [0, 0.05) is 23.6 Å². The Morgan fingerprint density at radius 2 is 1.96 bits per heavy atom. The maximum atomic E-state index is 12.3. The first-order valence-corrected chi connectivity index (χ1v) is 9.03. The van der Waals surface area contributed by atoms with Gasteiger partial charge in [0.1, 0.15) is 6.04 Å². The first-order valence-electron chi connectivity index (χ1n) is 9.03. The molecule has 1 saturated heterocycles. The lowest BCUT2D eigenvalue weighted by molar-refractivity contribution is -0.136. The summed E-state index contributed by atoms with van der Waals surface area (Å²) in [4.78, 5) is 35.8. The Morgan fingerprint density at radius 1 is 1.22 bits per heavy atom. The van der Waals surface area contributed by atoms with Gasteiger partial charge in [0.25, 0.3) is 11.5 Å². The van der Waals surface area contributed by atoms with Crippen LogP contribution in [-0.2, 0) is 9.59 Å². The van der Waals surface area contributed by atoms with Crippen LogP contribution in [0.2, 0.25) is 0 Å². The van der Waals surface area contributed by atoms with Crippen molar-refractivity contribution in [2.75, 3.05) is 0 Å². The van der Waals surface area contributed by atoms with E-state index in [4.69, 9.17) is 5.73 Å². The predicted octanol–water partition coefficient (Wildman–Crippen LogP) is 1.68. The zero-order chi connectivity index (χ0) is 19.8. The van der Waals surface area contributed by atoms with E-state index in [0.717, 1.165) is 5.57 Å². The van der Waals surface area contributed by atoms with Crippen LogP contribution in [0.5, 0.6) is 0 Å². The summed E-state index contributed by atoms with van der Waals surface area (Å²) in [5.74, 6) is -0.530. The number of hydrogen-bond acceptors (Lipinski definition) is 5. The standard InChI is InChI=1S/C20H24N4O3/c1-12(2)20(3)10-13(4-5-14(21)11-20)15-6-9-18(26)24(23-15)16-7-8-17(25)22-19(16)27/h4-6,9-12,16H,7-8,21H2,1-3H3,(H,22,25,27). The second-order valence-corrected chi connectivity index (χ2v) is 7.57. The minimum atomic E-state index is -0.787. The van der Waals surface area contributed by atoms with Gasteiger partial charge in [0.15, 0.2) is 0 Å². The Labute approximate surface area is 157 Å². The number of aromatic nitrogens is 2. The number of rotatable bonds is 3. The van der Waals surface area contributed by atoms with Gasteiger partial charge in [-0.15, -0.1) is 0 Å². The molecule has 142 valence electrons. The summed E-state index contributed by atoms with van der Waals surface area (Å²) >= 11 is 0. The number of nitrogens with zero attached hydrogens (tertiary/aromatic N) is 2. The molecule has 1 aliphatic carbocycles. The molecule has 0 saturated carbocycles. The van der Waals surface area contributed by atoms with E-state index in [1.807, 2.05) is 18.2 Å². The van der Waals surface area contributed by atoms with Crippen LogP contribution in [-0.4, -0.2) is 21.6 Å². The van der Waals surface area contributed by atoms with Gasteiger partial charge in [-0.3, -0.25) is 19.7 Å². The van der Waals surface area contributed by atoms with E-state index in [1.54, 1.807) is 6.07 Å². The maximum absolute atomic E-state index is 12.3. The van der Waals surface area contributed by atoms with Crippen molar-refractivity contribution in [3.05, 3.63) is 58.2 Å². The van der Waals surface area contributed by atoms with E-state index in [1.165, 1.54) is 10.7 Å². The number of carbonyl (C=O) groups excluding carboxylic acids is 2. The highest BCUT2D eigenvalue weighted by Gasteiger charge is 2.30.